The molecule has 1 N–H and O–H groups in total. The summed E-state index contributed by atoms with van der Waals surface area (Å²) in [7, 11) is -3.99. The fourth-order valence-corrected chi connectivity index (χ4v) is 4.05. The fraction of sp³-hybridized carbons (Fsp3) is 0.143. The smallest absolute Gasteiger partial charge is 0.261 e. The molecule has 0 aliphatic heterocycles. The number of hydrogen-bond acceptors (Lipinski definition) is 5. The molecule has 0 atom stereocenters. The van der Waals surface area contributed by atoms with E-state index in [1.165, 1.54) is 54.9 Å². The molecular formula is C21H19ClN2O5S. The Morgan fingerprint density at radius 3 is 2.30 bits per heavy atom. The molecule has 1 aromatic heterocycles. The second-order valence-electron chi connectivity index (χ2n) is 6.68. The summed E-state index contributed by atoms with van der Waals surface area (Å²) in [5.41, 5.74) is 0.228. The van der Waals surface area contributed by atoms with Gasteiger partial charge in [-0.1, -0.05) is 17.7 Å². The Bertz CT molecular complexity index is 1160. The molecule has 3 aromatic rings. The van der Waals surface area contributed by atoms with Gasteiger partial charge in [0.05, 0.1) is 27.3 Å². The number of ether oxygens (including phenoxy) is 1. The lowest BCUT2D eigenvalue weighted by molar-refractivity contribution is -0.605. The Balaban J connectivity index is 1.94. The third-order valence-corrected chi connectivity index (χ3v) is 5.75. The van der Waals surface area contributed by atoms with Crippen LogP contribution in [0.4, 0.5) is 5.69 Å². The van der Waals surface area contributed by atoms with Crippen LogP contribution in [0.3, 0.4) is 0 Å². The van der Waals surface area contributed by atoms with Crippen LogP contribution in [0.2, 0.25) is 5.02 Å². The highest BCUT2D eigenvalue weighted by Gasteiger charge is 2.22. The van der Waals surface area contributed by atoms with Crippen LogP contribution in [0.25, 0.3) is 0 Å². The van der Waals surface area contributed by atoms with E-state index in [9.17, 15) is 18.4 Å². The first-order valence-electron chi connectivity index (χ1n) is 8.99. The van der Waals surface area contributed by atoms with Crippen molar-refractivity contribution in [1.82, 2.24) is 0 Å². The van der Waals surface area contributed by atoms with E-state index < -0.39 is 15.8 Å². The Hall–Kier alpha value is -3.10. The molecule has 0 bridgehead atoms. The van der Waals surface area contributed by atoms with E-state index in [0.29, 0.717) is 10.5 Å². The number of nitrogens with one attached hydrogen (secondary N) is 1. The maximum atomic E-state index is 12.9. The molecule has 1 heterocycles. The number of benzene rings is 2. The Labute approximate surface area is 179 Å². The van der Waals surface area contributed by atoms with E-state index in [1.807, 2.05) is 13.8 Å². The Kier molecular flexibility index (Phi) is 6.28. The van der Waals surface area contributed by atoms with Gasteiger partial charge in [0.2, 0.25) is 0 Å². The first-order valence-corrected chi connectivity index (χ1v) is 10.8. The Morgan fingerprint density at radius 1 is 1.07 bits per heavy atom. The average Bonchev–Trinajstić information content (AvgIpc) is 2.68. The molecule has 30 heavy (non-hydrogen) atoms. The molecule has 0 saturated heterocycles. The van der Waals surface area contributed by atoms with Crippen molar-refractivity contribution in [2.45, 2.75) is 24.8 Å². The van der Waals surface area contributed by atoms with Crippen LogP contribution >= 0.6 is 11.6 Å². The first kappa shape index (κ1) is 21.6. The summed E-state index contributed by atoms with van der Waals surface area (Å²) in [6.45, 7) is 3.74. The van der Waals surface area contributed by atoms with Crippen molar-refractivity contribution < 1.29 is 22.7 Å². The minimum absolute atomic E-state index is 0.00379. The normalized spacial score (nSPS) is 11.3. The monoisotopic (exact) mass is 446 g/mol. The Morgan fingerprint density at radius 2 is 1.70 bits per heavy atom. The van der Waals surface area contributed by atoms with Crippen molar-refractivity contribution in [3.8, 4) is 5.75 Å². The van der Waals surface area contributed by atoms with Crippen molar-refractivity contribution >= 4 is 33.1 Å². The lowest BCUT2D eigenvalue weighted by Crippen LogP contribution is -2.24. The molecule has 156 valence electrons. The number of halogens is 1. The molecule has 0 radical (unpaired) electrons. The van der Waals surface area contributed by atoms with Crippen LogP contribution in [-0.4, -0.2) is 20.3 Å². The van der Waals surface area contributed by atoms with Gasteiger partial charge in [-0.2, -0.15) is 4.73 Å². The summed E-state index contributed by atoms with van der Waals surface area (Å²) < 4.78 is 34.2. The third kappa shape index (κ3) is 4.90. The van der Waals surface area contributed by atoms with Crippen LogP contribution in [0, 0.1) is 5.21 Å². The lowest BCUT2D eigenvalue weighted by atomic mass is 10.0. The van der Waals surface area contributed by atoms with Gasteiger partial charge in [0, 0.05) is 17.7 Å². The van der Waals surface area contributed by atoms with Gasteiger partial charge in [-0.15, -0.1) is 0 Å². The number of hydrogen-bond donors (Lipinski definition) is 1. The zero-order valence-corrected chi connectivity index (χ0v) is 17.8. The molecule has 0 fully saturated rings. The molecular weight excluding hydrogens is 428 g/mol. The maximum Gasteiger partial charge on any atom is 0.261 e. The van der Waals surface area contributed by atoms with Crippen LogP contribution in [0.1, 0.15) is 29.8 Å². The van der Waals surface area contributed by atoms with E-state index >= 15 is 0 Å². The number of sulfonamides is 1. The lowest BCUT2D eigenvalue weighted by Gasteiger charge is -2.14. The first-order chi connectivity index (χ1) is 14.2. The summed E-state index contributed by atoms with van der Waals surface area (Å²) in [4.78, 5) is 12.9. The summed E-state index contributed by atoms with van der Waals surface area (Å²) in [6, 6.07) is 13.1. The highest BCUT2D eigenvalue weighted by Crippen LogP contribution is 2.29. The fourth-order valence-electron chi connectivity index (χ4n) is 2.72. The molecule has 7 nitrogen and oxygen atoms in total. The zero-order valence-electron chi connectivity index (χ0n) is 16.2. The highest BCUT2D eigenvalue weighted by atomic mass is 35.5. The van der Waals surface area contributed by atoms with Gasteiger partial charge in [-0.3, -0.25) is 9.52 Å². The second kappa shape index (κ2) is 8.73. The van der Waals surface area contributed by atoms with Gasteiger partial charge in [0.1, 0.15) is 5.75 Å². The van der Waals surface area contributed by atoms with Gasteiger partial charge in [-0.25, -0.2) is 8.42 Å². The van der Waals surface area contributed by atoms with E-state index in [0.717, 1.165) is 0 Å². The largest absolute Gasteiger partial charge is 0.619 e. The quantitative estimate of drug-likeness (QED) is 0.338. The van der Waals surface area contributed by atoms with Crippen molar-refractivity contribution in [2.24, 2.45) is 0 Å². The minimum Gasteiger partial charge on any atom is -0.619 e. The molecule has 0 aliphatic carbocycles. The topological polar surface area (TPSA) is 99.4 Å². The number of pyridine rings is 1. The number of nitrogens with zero attached hydrogens (tertiary/aromatic N) is 1. The number of carbonyl (C=O) groups excluding carboxylic acids is 1. The molecule has 0 saturated carbocycles. The molecule has 3 rings (SSSR count). The van der Waals surface area contributed by atoms with Crippen molar-refractivity contribution in [3.63, 3.8) is 0 Å². The predicted octanol–water partition coefficient (Wildman–Crippen LogP) is 3.79. The summed E-state index contributed by atoms with van der Waals surface area (Å²) in [5, 5.41) is 11.3. The summed E-state index contributed by atoms with van der Waals surface area (Å²) in [6.07, 6.45) is 2.31. The minimum atomic E-state index is -3.99. The number of carbonyl (C=O) groups is 1. The van der Waals surface area contributed by atoms with Crippen LogP contribution in [0.15, 0.2) is 71.9 Å². The maximum absolute atomic E-state index is 12.9. The predicted molar refractivity (Wildman–Crippen MR) is 113 cm³/mol. The highest BCUT2D eigenvalue weighted by molar-refractivity contribution is 7.92. The van der Waals surface area contributed by atoms with Gasteiger partial charge in [-0.05, 0) is 50.2 Å². The molecule has 0 aliphatic rings. The van der Waals surface area contributed by atoms with Crippen LogP contribution in [-0.2, 0) is 10.0 Å². The van der Waals surface area contributed by atoms with Crippen LogP contribution < -0.4 is 14.2 Å². The van der Waals surface area contributed by atoms with E-state index in [4.69, 9.17) is 16.3 Å². The second-order valence-corrected chi connectivity index (χ2v) is 8.77. The third-order valence-electron chi connectivity index (χ3n) is 4.06. The van der Waals surface area contributed by atoms with Gasteiger partial charge < -0.3 is 9.94 Å². The van der Waals surface area contributed by atoms with E-state index in [-0.39, 0.29) is 32.8 Å². The summed E-state index contributed by atoms with van der Waals surface area (Å²) in [5.74, 6) is 0.0295. The SMILES string of the molecule is CC(C)Oc1ccc(S(=O)(=O)Nc2cccc(Cl)c2C(=O)c2cc[n+]([O-])cc2)cc1. The number of ketones is 1. The van der Waals surface area contributed by atoms with E-state index in [2.05, 4.69) is 4.72 Å². The molecule has 0 spiro atoms. The van der Waals surface area contributed by atoms with Gasteiger partial charge >= 0.3 is 0 Å². The van der Waals surface area contributed by atoms with E-state index in [1.54, 1.807) is 12.1 Å². The number of anilines is 1. The van der Waals surface area contributed by atoms with Crippen molar-refractivity contribution in [1.29, 1.82) is 0 Å². The standard InChI is InChI=1S/C21H19ClN2O5S/c1-14(2)29-16-6-8-17(9-7-16)30(27,28)23-19-5-3-4-18(22)20(19)21(25)15-10-12-24(26)13-11-15/h3-14,23H,1-2H3. The average molecular weight is 447 g/mol. The van der Waals surface area contributed by atoms with Crippen LogP contribution in [0.5, 0.6) is 5.75 Å². The molecule has 9 heteroatoms. The molecule has 0 unspecified atom stereocenters. The number of aromatic nitrogens is 1. The molecule has 0 amide bonds. The van der Waals surface area contributed by atoms with Gasteiger partial charge in [0.15, 0.2) is 18.2 Å². The zero-order chi connectivity index (χ0) is 21.9. The van der Waals surface area contributed by atoms with Crippen molar-refractivity contribution in [3.05, 3.63) is 88.3 Å². The van der Waals surface area contributed by atoms with Crippen molar-refractivity contribution in [2.75, 3.05) is 4.72 Å². The summed E-state index contributed by atoms with van der Waals surface area (Å²) >= 11 is 6.21. The molecule has 2 aromatic carbocycles. The number of rotatable bonds is 7. The van der Waals surface area contributed by atoms with Gasteiger partial charge in [0.25, 0.3) is 10.0 Å².